The molecule has 0 amide bonds. The summed E-state index contributed by atoms with van der Waals surface area (Å²) in [5.41, 5.74) is 0.418. The maximum Gasteiger partial charge on any atom is 0.240 e. The van der Waals surface area contributed by atoms with Gasteiger partial charge < -0.3 is 0 Å². The summed E-state index contributed by atoms with van der Waals surface area (Å²) >= 11 is 0. The van der Waals surface area contributed by atoms with Crippen LogP contribution in [0.4, 0.5) is 0 Å². The van der Waals surface area contributed by atoms with Crippen LogP contribution in [0.5, 0.6) is 0 Å². The molecule has 1 heterocycles. The highest BCUT2D eigenvalue weighted by molar-refractivity contribution is 7.89. The number of hydrogen-bond donors (Lipinski definition) is 1. The fraction of sp³-hybridized carbons (Fsp3) is 0.250. The molecule has 0 spiro atoms. The molecule has 0 atom stereocenters. The van der Waals surface area contributed by atoms with Crippen molar-refractivity contribution >= 4 is 10.0 Å². The van der Waals surface area contributed by atoms with Gasteiger partial charge in [-0.2, -0.15) is 10.4 Å². The smallest absolute Gasteiger partial charge is 0.240 e. The number of benzene rings is 1. The van der Waals surface area contributed by atoms with Gasteiger partial charge in [-0.3, -0.25) is 4.68 Å². The fourth-order valence-corrected chi connectivity index (χ4v) is 2.62. The third kappa shape index (κ3) is 3.40. The number of aromatic nitrogens is 3. The molecule has 0 aliphatic carbocycles. The lowest BCUT2D eigenvalue weighted by Gasteiger charge is -2.05. The molecule has 104 valence electrons. The summed E-state index contributed by atoms with van der Waals surface area (Å²) < 4.78 is 28.0. The molecule has 1 N–H and O–H groups in total. The van der Waals surface area contributed by atoms with Gasteiger partial charge in [0.2, 0.25) is 10.0 Å². The molecular weight excluding hydrogens is 278 g/mol. The van der Waals surface area contributed by atoms with Crippen LogP contribution in [0, 0.1) is 11.3 Å². The molecule has 0 bridgehead atoms. The molecule has 0 aliphatic rings. The SMILES string of the molecule is Cn1cnc(CCNS(=O)(=O)c2ccc(C#N)cc2)n1. The molecule has 0 aliphatic heterocycles. The molecule has 1 aromatic carbocycles. The van der Waals surface area contributed by atoms with E-state index < -0.39 is 10.0 Å². The molecule has 7 nitrogen and oxygen atoms in total. The van der Waals surface area contributed by atoms with Crippen molar-refractivity contribution in [2.75, 3.05) is 6.54 Å². The second kappa shape index (κ2) is 5.81. The van der Waals surface area contributed by atoms with Crippen molar-refractivity contribution in [1.82, 2.24) is 19.5 Å². The molecule has 20 heavy (non-hydrogen) atoms. The normalized spacial score (nSPS) is 11.2. The van der Waals surface area contributed by atoms with Gasteiger partial charge in [0.15, 0.2) is 5.82 Å². The van der Waals surface area contributed by atoms with Crippen molar-refractivity contribution in [2.24, 2.45) is 7.05 Å². The van der Waals surface area contributed by atoms with Crippen molar-refractivity contribution in [3.05, 3.63) is 42.0 Å². The Morgan fingerprint density at radius 1 is 1.35 bits per heavy atom. The summed E-state index contributed by atoms with van der Waals surface area (Å²) in [6, 6.07) is 7.68. The Morgan fingerprint density at radius 3 is 2.60 bits per heavy atom. The van der Waals surface area contributed by atoms with Gasteiger partial charge >= 0.3 is 0 Å². The molecule has 8 heteroatoms. The van der Waals surface area contributed by atoms with E-state index in [4.69, 9.17) is 5.26 Å². The highest BCUT2D eigenvalue weighted by Crippen LogP contribution is 2.09. The highest BCUT2D eigenvalue weighted by atomic mass is 32.2. The van der Waals surface area contributed by atoms with E-state index in [9.17, 15) is 8.42 Å². The standard InChI is InChI=1S/C12H13N5O2S/c1-17-9-14-12(16-17)6-7-15-20(18,19)11-4-2-10(8-13)3-5-11/h2-5,9,15H,6-7H2,1H3. The minimum absolute atomic E-state index is 0.130. The van der Waals surface area contributed by atoms with Gasteiger partial charge in [-0.25, -0.2) is 18.1 Å². The number of aryl methyl sites for hydroxylation is 1. The van der Waals surface area contributed by atoms with Crippen LogP contribution in [0.25, 0.3) is 0 Å². The Morgan fingerprint density at radius 2 is 2.05 bits per heavy atom. The van der Waals surface area contributed by atoms with Gasteiger partial charge in [0.05, 0.1) is 16.5 Å². The monoisotopic (exact) mass is 291 g/mol. The molecule has 0 saturated heterocycles. The van der Waals surface area contributed by atoms with Crippen LogP contribution in [0.3, 0.4) is 0 Å². The summed E-state index contributed by atoms with van der Waals surface area (Å²) in [7, 11) is -1.82. The quantitative estimate of drug-likeness (QED) is 0.848. The lowest BCUT2D eigenvalue weighted by molar-refractivity contribution is 0.580. The highest BCUT2D eigenvalue weighted by Gasteiger charge is 2.13. The Labute approximate surface area is 116 Å². The second-order valence-electron chi connectivity index (χ2n) is 4.12. The number of nitrogens with one attached hydrogen (secondary N) is 1. The lowest BCUT2D eigenvalue weighted by atomic mass is 10.2. The van der Waals surface area contributed by atoms with Crippen molar-refractivity contribution in [3.63, 3.8) is 0 Å². The largest absolute Gasteiger partial charge is 0.256 e. The van der Waals surface area contributed by atoms with Gasteiger partial charge in [-0.1, -0.05) is 0 Å². The number of hydrogen-bond acceptors (Lipinski definition) is 5. The summed E-state index contributed by atoms with van der Waals surface area (Å²) in [5, 5.41) is 12.7. The van der Waals surface area contributed by atoms with Gasteiger partial charge in [-0.15, -0.1) is 0 Å². The van der Waals surface area contributed by atoms with E-state index in [0.717, 1.165) is 0 Å². The first-order valence-corrected chi connectivity index (χ1v) is 7.34. The molecule has 2 rings (SSSR count). The Kier molecular flexibility index (Phi) is 4.12. The molecule has 0 radical (unpaired) electrons. The van der Waals surface area contributed by atoms with Crippen LogP contribution in [-0.2, 0) is 23.5 Å². The number of nitrogens with zero attached hydrogens (tertiary/aromatic N) is 4. The first-order chi connectivity index (χ1) is 9.51. The van der Waals surface area contributed by atoms with Crippen LogP contribution in [-0.4, -0.2) is 29.7 Å². The average Bonchev–Trinajstić information content (AvgIpc) is 2.84. The number of nitriles is 1. The maximum absolute atomic E-state index is 12.0. The predicted octanol–water partition coefficient (Wildman–Crippen LogP) is 0.208. The van der Waals surface area contributed by atoms with Gasteiger partial charge in [0.25, 0.3) is 0 Å². The number of sulfonamides is 1. The Bertz CT molecular complexity index is 728. The van der Waals surface area contributed by atoms with E-state index >= 15 is 0 Å². The zero-order chi connectivity index (χ0) is 14.6. The third-order valence-electron chi connectivity index (χ3n) is 2.58. The fourth-order valence-electron chi connectivity index (χ4n) is 1.59. The van der Waals surface area contributed by atoms with Gasteiger partial charge in [0, 0.05) is 20.0 Å². The van der Waals surface area contributed by atoms with Crippen molar-refractivity contribution < 1.29 is 8.42 Å². The first-order valence-electron chi connectivity index (χ1n) is 5.85. The Hall–Kier alpha value is -2.24. The summed E-state index contributed by atoms with van der Waals surface area (Å²) in [6.07, 6.45) is 1.97. The number of rotatable bonds is 5. The third-order valence-corrected chi connectivity index (χ3v) is 4.06. The minimum Gasteiger partial charge on any atom is -0.256 e. The van der Waals surface area contributed by atoms with Crippen LogP contribution in [0.1, 0.15) is 11.4 Å². The first kappa shape index (κ1) is 14.2. The molecule has 0 unspecified atom stereocenters. The van der Waals surface area contributed by atoms with Crippen molar-refractivity contribution in [2.45, 2.75) is 11.3 Å². The summed E-state index contributed by atoms with van der Waals surface area (Å²) in [5.74, 6) is 0.579. The molecule has 0 saturated carbocycles. The van der Waals surface area contributed by atoms with Crippen molar-refractivity contribution in [1.29, 1.82) is 5.26 Å². The van der Waals surface area contributed by atoms with Gasteiger partial charge in [-0.05, 0) is 24.3 Å². The van der Waals surface area contributed by atoms with Crippen LogP contribution < -0.4 is 4.72 Å². The van der Waals surface area contributed by atoms with E-state index in [-0.39, 0.29) is 11.4 Å². The minimum atomic E-state index is -3.57. The van der Waals surface area contributed by atoms with E-state index in [2.05, 4.69) is 14.8 Å². The van der Waals surface area contributed by atoms with Crippen molar-refractivity contribution in [3.8, 4) is 6.07 Å². The summed E-state index contributed by atoms with van der Waals surface area (Å²) in [4.78, 5) is 4.14. The molecule has 2 aromatic rings. The Balaban J connectivity index is 1.98. The van der Waals surface area contributed by atoms with Crippen LogP contribution in [0.15, 0.2) is 35.5 Å². The average molecular weight is 291 g/mol. The predicted molar refractivity (Wildman–Crippen MR) is 71.1 cm³/mol. The van der Waals surface area contributed by atoms with E-state index in [1.807, 2.05) is 6.07 Å². The molecule has 1 aromatic heterocycles. The van der Waals surface area contributed by atoms with E-state index in [1.165, 1.54) is 24.3 Å². The second-order valence-corrected chi connectivity index (χ2v) is 5.89. The van der Waals surface area contributed by atoms with Crippen LogP contribution >= 0.6 is 0 Å². The molecule has 0 fully saturated rings. The molecular formula is C12H13N5O2S. The van der Waals surface area contributed by atoms with Crippen LogP contribution in [0.2, 0.25) is 0 Å². The zero-order valence-corrected chi connectivity index (χ0v) is 11.6. The van der Waals surface area contributed by atoms with E-state index in [0.29, 0.717) is 17.8 Å². The summed E-state index contributed by atoms with van der Waals surface area (Å²) in [6.45, 7) is 0.215. The van der Waals surface area contributed by atoms with Gasteiger partial charge in [0.1, 0.15) is 6.33 Å². The van der Waals surface area contributed by atoms with E-state index in [1.54, 1.807) is 18.1 Å². The zero-order valence-electron chi connectivity index (χ0n) is 10.8. The topological polar surface area (TPSA) is 101 Å². The lowest BCUT2D eigenvalue weighted by Crippen LogP contribution is -2.26. The maximum atomic E-state index is 12.0.